The van der Waals surface area contributed by atoms with Crippen LogP contribution in [0.25, 0.3) is 0 Å². The first kappa shape index (κ1) is 11.9. The van der Waals surface area contributed by atoms with E-state index in [4.69, 9.17) is 4.74 Å². The van der Waals surface area contributed by atoms with Gasteiger partial charge in [0.25, 0.3) is 0 Å². The van der Waals surface area contributed by atoms with Crippen LogP contribution in [0.2, 0.25) is 0 Å². The molecule has 0 radical (unpaired) electrons. The minimum atomic E-state index is -0.0837. The molecule has 1 saturated carbocycles. The van der Waals surface area contributed by atoms with Crippen LogP contribution in [0.4, 0.5) is 0 Å². The second-order valence-electron chi connectivity index (χ2n) is 4.41. The molecule has 2 rings (SSSR count). The lowest BCUT2D eigenvalue weighted by Crippen LogP contribution is -2.07. The Hall–Kier alpha value is -1.58. The molecule has 0 aliphatic heterocycles. The molecule has 1 aromatic heterocycles. The summed E-state index contributed by atoms with van der Waals surface area (Å²) < 4.78 is 6.94. The van der Waals surface area contributed by atoms with Crippen molar-refractivity contribution < 1.29 is 9.53 Å². The molecule has 1 aromatic rings. The zero-order valence-electron chi connectivity index (χ0n) is 10.3. The van der Waals surface area contributed by atoms with Crippen LogP contribution < -0.4 is 0 Å². The van der Waals surface area contributed by atoms with Gasteiger partial charge in [-0.1, -0.05) is 19.1 Å². The van der Waals surface area contributed by atoms with Crippen LogP contribution in [0.5, 0.6) is 0 Å². The van der Waals surface area contributed by atoms with Crippen LogP contribution in [-0.4, -0.2) is 22.4 Å². The van der Waals surface area contributed by atoms with E-state index in [1.54, 1.807) is 4.68 Å². The second-order valence-corrected chi connectivity index (χ2v) is 4.41. The monoisotopic (exact) mass is 234 g/mol. The van der Waals surface area contributed by atoms with Gasteiger partial charge in [-0.3, -0.25) is 9.48 Å². The minimum absolute atomic E-state index is 0.0363. The van der Waals surface area contributed by atoms with Crippen molar-refractivity contribution >= 4 is 5.97 Å². The first-order chi connectivity index (χ1) is 8.22. The molecule has 0 amide bonds. The lowest BCUT2D eigenvalue weighted by molar-refractivity contribution is -0.144. The van der Waals surface area contributed by atoms with E-state index in [9.17, 15) is 4.79 Å². The standard InChI is InChI=1S/C13H18N2O2/c1-3-4-5-6-17-13(16)12-7-11(12)10-8-14-15(2)9-10/h4-5,8-9,11-12H,3,6-7H2,1-2H3/b5-4-/t11-,12+/m0/s1. The third-order valence-corrected chi connectivity index (χ3v) is 2.97. The van der Waals surface area contributed by atoms with E-state index >= 15 is 0 Å². The fourth-order valence-electron chi connectivity index (χ4n) is 1.93. The van der Waals surface area contributed by atoms with Gasteiger partial charge >= 0.3 is 5.97 Å². The fraction of sp³-hybridized carbons (Fsp3) is 0.538. The molecule has 92 valence electrons. The number of nitrogens with zero attached hydrogens (tertiary/aromatic N) is 2. The van der Waals surface area contributed by atoms with Gasteiger partial charge in [-0.05, 0) is 18.4 Å². The maximum atomic E-state index is 11.7. The molecule has 0 bridgehead atoms. The topological polar surface area (TPSA) is 44.1 Å². The summed E-state index contributed by atoms with van der Waals surface area (Å²) in [5.41, 5.74) is 1.14. The number of carbonyl (C=O) groups excluding carboxylic acids is 1. The van der Waals surface area contributed by atoms with E-state index in [0.29, 0.717) is 12.5 Å². The Morgan fingerprint density at radius 1 is 1.65 bits per heavy atom. The lowest BCUT2D eigenvalue weighted by atomic mass is 10.2. The van der Waals surface area contributed by atoms with Crippen LogP contribution in [0.3, 0.4) is 0 Å². The number of hydrogen-bond donors (Lipinski definition) is 0. The van der Waals surface area contributed by atoms with Crippen molar-refractivity contribution in [2.75, 3.05) is 6.61 Å². The highest BCUT2D eigenvalue weighted by Crippen LogP contribution is 2.47. The van der Waals surface area contributed by atoms with E-state index < -0.39 is 0 Å². The molecule has 1 aliphatic rings. The smallest absolute Gasteiger partial charge is 0.309 e. The molecule has 0 aromatic carbocycles. The van der Waals surface area contributed by atoms with E-state index in [0.717, 1.165) is 18.4 Å². The first-order valence-corrected chi connectivity index (χ1v) is 6.02. The van der Waals surface area contributed by atoms with E-state index in [1.807, 2.05) is 31.6 Å². The Morgan fingerprint density at radius 3 is 3.12 bits per heavy atom. The Morgan fingerprint density at radius 2 is 2.47 bits per heavy atom. The Labute approximate surface area is 101 Å². The van der Waals surface area contributed by atoms with Crippen molar-refractivity contribution in [1.82, 2.24) is 9.78 Å². The van der Waals surface area contributed by atoms with Gasteiger partial charge in [0, 0.05) is 19.2 Å². The van der Waals surface area contributed by atoms with Crippen molar-refractivity contribution in [3.63, 3.8) is 0 Å². The molecule has 1 fully saturated rings. The summed E-state index contributed by atoms with van der Waals surface area (Å²) in [6.45, 7) is 2.45. The average Bonchev–Trinajstić information content (AvgIpc) is 3.01. The predicted molar refractivity (Wildman–Crippen MR) is 64.4 cm³/mol. The molecule has 2 atom stereocenters. The molecule has 17 heavy (non-hydrogen) atoms. The Kier molecular flexibility index (Phi) is 3.61. The molecule has 4 heteroatoms. The number of aryl methyl sites for hydroxylation is 1. The van der Waals surface area contributed by atoms with Gasteiger partial charge in [-0.15, -0.1) is 0 Å². The predicted octanol–water partition coefficient (Wildman–Crippen LogP) is 2.03. The van der Waals surface area contributed by atoms with Gasteiger partial charge in [0.1, 0.15) is 6.61 Å². The number of rotatable bonds is 5. The normalized spacial score (nSPS) is 22.9. The molecular weight excluding hydrogens is 216 g/mol. The highest BCUT2D eigenvalue weighted by molar-refractivity contribution is 5.77. The summed E-state index contributed by atoms with van der Waals surface area (Å²) in [5.74, 6) is 0.264. The van der Waals surface area contributed by atoms with Gasteiger partial charge in [0.05, 0.1) is 12.1 Å². The molecule has 0 unspecified atom stereocenters. The third kappa shape index (κ3) is 2.96. The fourth-order valence-corrected chi connectivity index (χ4v) is 1.93. The minimum Gasteiger partial charge on any atom is -0.461 e. The van der Waals surface area contributed by atoms with Crippen LogP contribution in [-0.2, 0) is 16.6 Å². The van der Waals surface area contributed by atoms with Gasteiger partial charge in [0.15, 0.2) is 0 Å². The molecule has 4 nitrogen and oxygen atoms in total. The SMILES string of the molecule is CC/C=C\COC(=O)[C@@H]1C[C@H]1c1cnn(C)c1. The quantitative estimate of drug-likeness (QED) is 0.578. The van der Waals surface area contributed by atoms with Crippen molar-refractivity contribution in [2.24, 2.45) is 13.0 Å². The highest BCUT2D eigenvalue weighted by atomic mass is 16.5. The third-order valence-electron chi connectivity index (χ3n) is 2.97. The molecule has 1 aliphatic carbocycles. The number of ether oxygens (including phenoxy) is 1. The molecule has 0 saturated heterocycles. The molecule has 0 N–H and O–H groups in total. The summed E-state index contributed by atoms with van der Waals surface area (Å²) in [7, 11) is 1.88. The zero-order chi connectivity index (χ0) is 12.3. The zero-order valence-corrected chi connectivity index (χ0v) is 10.3. The van der Waals surface area contributed by atoms with Crippen molar-refractivity contribution in [2.45, 2.75) is 25.7 Å². The largest absolute Gasteiger partial charge is 0.461 e. The maximum Gasteiger partial charge on any atom is 0.309 e. The number of aromatic nitrogens is 2. The summed E-state index contributed by atoms with van der Waals surface area (Å²) in [5, 5.41) is 4.11. The van der Waals surface area contributed by atoms with Crippen LogP contribution >= 0.6 is 0 Å². The van der Waals surface area contributed by atoms with Crippen LogP contribution in [0, 0.1) is 5.92 Å². The number of carbonyl (C=O) groups is 1. The lowest BCUT2D eigenvalue weighted by Gasteiger charge is -2.00. The summed E-state index contributed by atoms with van der Waals surface area (Å²) in [4.78, 5) is 11.7. The highest BCUT2D eigenvalue weighted by Gasteiger charge is 2.45. The summed E-state index contributed by atoms with van der Waals surface area (Å²) in [6.07, 6.45) is 9.54. The van der Waals surface area contributed by atoms with Gasteiger partial charge in [-0.25, -0.2) is 0 Å². The Balaban J connectivity index is 1.78. The van der Waals surface area contributed by atoms with Crippen LogP contribution in [0.15, 0.2) is 24.5 Å². The van der Waals surface area contributed by atoms with Crippen molar-refractivity contribution in [1.29, 1.82) is 0 Å². The van der Waals surface area contributed by atoms with Gasteiger partial charge < -0.3 is 4.74 Å². The van der Waals surface area contributed by atoms with Gasteiger partial charge in [0.2, 0.25) is 0 Å². The van der Waals surface area contributed by atoms with E-state index in [-0.39, 0.29) is 11.9 Å². The maximum absolute atomic E-state index is 11.7. The van der Waals surface area contributed by atoms with Crippen LogP contribution in [0.1, 0.15) is 31.2 Å². The molecular formula is C13H18N2O2. The average molecular weight is 234 g/mol. The summed E-state index contributed by atoms with van der Waals surface area (Å²) >= 11 is 0. The number of hydrogen-bond acceptors (Lipinski definition) is 3. The second kappa shape index (κ2) is 5.17. The summed E-state index contributed by atoms with van der Waals surface area (Å²) in [6, 6.07) is 0. The molecule has 0 spiro atoms. The number of esters is 1. The van der Waals surface area contributed by atoms with Gasteiger partial charge in [-0.2, -0.15) is 5.10 Å². The molecule has 1 heterocycles. The van der Waals surface area contributed by atoms with E-state index in [2.05, 4.69) is 12.0 Å². The van der Waals surface area contributed by atoms with Crippen molar-refractivity contribution in [3.8, 4) is 0 Å². The van der Waals surface area contributed by atoms with E-state index in [1.165, 1.54) is 0 Å². The Bertz CT molecular complexity index is 423. The number of allylic oxidation sites excluding steroid dienone is 1. The van der Waals surface area contributed by atoms with Crippen molar-refractivity contribution in [3.05, 3.63) is 30.1 Å². The first-order valence-electron chi connectivity index (χ1n) is 6.02.